The number of hydrogen-bond donors (Lipinski definition) is 0. The first kappa shape index (κ1) is 9.94. The zero-order valence-electron chi connectivity index (χ0n) is 9.58. The zero-order chi connectivity index (χ0) is 10.6. The van der Waals surface area contributed by atoms with E-state index in [0.29, 0.717) is 5.92 Å². The minimum Gasteiger partial charge on any atom is -0.257 e. The van der Waals surface area contributed by atoms with Gasteiger partial charge in [0.1, 0.15) is 0 Å². The van der Waals surface area contributed by atoms with Gasteiger partial charge in [-0.05, 0) is 43.4 Å². The lowest BCUT2D eigenvalue weighted by Crippen LogP contribution is -2.55. The van der Waals surface area contributed by atoms with Crippen molar-refractivity contribution in [1.29, 1.82) is 0 Å². The van der Waals surface area contributed by atoms with Gasteiger partial charge in [0.2, 0.25) is 0 Å². The van der Waals surface area contributed by atoms with Gasteiger partial charge in [-0.1, -0.05) is 13.8 Å². The van der Waals surface area contributed by atoms with Crippen LogP contribution in [0.2, 0.25) is 0 Å². The molecule has 2 saturated carbocycles. The van der Waals surface area contributed by atoms with Gasteiger partial charge in [-0.25, -0.2) is 0 Å². The molecular formula is C11H20N2O. The Bertz CT molecular complexity index is 264. The van der Waals surface area contributed by atoms with E-state index in [9.17, 15) is 4.91 Å². The van der Waals surface area contributed by atoms with Crippen LogP contribution >= 0.6 is 0 Å². The van der Waals surface area contributed by atoms with E-state index in [-0.39, 0.29) is 11.0 Å². The van der Waals surface area contributed by atoms with Crippen LogP contribution in [0.15, 0.2) is 5.29 Å². The van der Waals surface area contributed by atoms with Gasteiger partial charge in [-0.2, -0.15) is 0 Å². The quantitative estimate of drug-likeness (QED) is 0.502. The lowest BCUT2D eigenvalue weighted by molar-refractivity contribution is -0.0304. The summed E-state index contributed by atoms with van der Waals surface area (Å²) >= 11 is 0. The Morgan fingerprint density at radius 2 is 1.79 bits per heavy atom. The van der Waals surface area contributed by atoms with E-state index in [2.05, 4.69) is 26.1 Å². The molecule has 0 heterocycles. The fraction of sp³-hybridized carbons (Fsp3) is 1.00. The second kappa shape index (κ2) is 2.71. The number of nitrogens with zero attached hydrogens (tertiary/aromatic N) is 2. The third-order valence-electron chi connectivity index (χ3n) is 5.35. The van der Waals surface area contributed by atoms with Crippen LogP contribution in [-0.2, 0) is 0 Å². The molecule has 80 valence electrons. The smallest absolute Gasteiger partial charge is 0.0661 e. The number of rotatable bonds is 2. The van der Waals surface area contributed by atoms with Gasteiger partial charge in [-0.3, -0.25) is 5.01 Å². The van der Waals surface area contributed by atoms with Crippen LogP contribution in [0.5, 0.6) is 0 Å². The van der Waals surface area contributed by atoms with Gasteiger partial charge in [0.15, 0.2) is 0 Å². The molecule has 0 aromatic heterocycles. The lowest BCUT2D eigenvalue weighted by atomic mass is 9.64. The molecule has 2 bridgehead atoms. The average Bonchev–Trinajstić information content (AvgIpc) is 2.68. The molecule has 0 radical (unpaired) electrons. The third-order valence-corrected chi connectivity index (χ3v) is 5.35. The van der Waals surface area contributed by atoms with Gasteiger partial charge >= 0.3 is 0 Å². The van der Waals surface area contributed by atoms with Crippen molar-refractivity contribution in [1.82, 2.24) is 5.01 Å². The van der Waals surface area contributed by atoms with Gasteiger partial charge in [-0.15, -0.1) is 4.91 Å². The molecule has 0 aliphatic heterocycles. The molecule has 14 heavy (non-hydrogen) atoms. The van der Waals surface area contributed by atoms with Crippen molar-refractivity contribution in [3.05, 3.63) is 4.91 Å². The molecule has 2 aliphatic rings. The van der Waals surface area contributed by atoms with Gasteiger partial charge < -0.3 is 0 Å². The molecule has 2 fully saturated rings. The Balaban J connectivity index is 2.38. The molecule has 0 amide bonds. The first-order valence-corrected chi connectivity index (χ1v) is 5.51. The lowest BCUT2D eigenvalue weighted by Gasteiger charge is -2.50. The summed E-state index contributed by atoms with van der Waals surface area (Å²) in [6.07, 6.45) is 3.88. The highest BCUT2D eigenvalue weighted by Crippen LogP contribution is 2.63. The van der Waals surface area contributed by atoms with E-state index >= 15 is 0 Å². The summed E-state index contributed by atoms with van der Waals surface area (Å²) in [6.45, 7) is 6.79. The van der Waals surface area contributed by atoms with Crippen molar-refractivity contribution in [2.45, 2.75) is 45.6 Å². The Morgan fingerprint density at radius 1 is 1.21 bits per heavy atom. The Morgan fingerprint density at radius 3 is 2.21 bits per heavy atom. The van der Waals surface area contributed by atoms with Crippen molar-refractivity contribution in [3.63, 3.8) is 0 Å². The van der Waals surface area contributed by atoms with Crippen LogP contribution in [0.25, 0.3) is 0 Å². The van der Waals surface area contributed by atoms with Gasteiger partial charge in [0.25, 0.3) is 0 Å². The molecule has 2 aliphatic carbocycles. The highest BCUT2D eigenvalue weighted by Gasteiger charge is 2.62. The fourth-order valence-corrected chi connectivity index (χ4v) is 3.85. The maximum absolute atomic E-state index is 10.7. The molecule has 0 N–H and O–H groups in total. The summed E-state index contributed by atoms with van der Waals surface area (Å²) in [5, 5.41) is 4.80. The maximum atomic E-state index is 10.7. The molecule has 0 spiro atoms. The molecule has 0 aromatic rings. The highest BCUT2D eigenvalue weighted by molar-refractivity contribution is 5.13. The standard InChI is InChI=1S/C11H20N2O/c1-10(2)8-5-6-9(7-8)11(10,3)13(4)12-14/h8-9H,5-7H2,1-4H3. The summed E-state index contributed by atoms with van der Waals surface area (Å²) in [5.41, 5.74) is 0.191. The van der Waals surface area contributed by atoms with Crippen molar-refractivity contribution in [3.8, 4) is 0 Å². The molecule has 0 saturated heterocycles. The second-order valence-electron chi connectivity index (χ2n) is 5.68. The van der Waals surface area contributed by atoms with E-state index in [1.54, 1.807) is 5.01 Å². The summed E-state index contributed by atoms with van der Waals surface area (Å²) in [6, 6.07) is 0. The van der Waals surface area contributed by atoms with Crippen LogP contribution in [0, 0.1) is 22.2 Å². The molecule has 3 unspecified atom stereocenters. The third kappa shape index (κ3) is 0.882. The summed E-state index contributed by atoms with van der Waals surface area (Å²) < 4.78 is 0. The van der Waals surface area contributed by atoms with Gasteiger partial charge in [0, 0.05) is 7.05 Å². The van der Waals surface area contributed by atoms with Crippen molar-refractivity contribution in [2.75, 3.05) is 7.05 Å². The fourth-order valence-electron chi connectivity index (χ4n) is 3.85. The molecule has 3 atom stereocenters. The molecule has 3 heteroatoms. The number of fused-ring (bicyclic) bond motifs is 2. The van der Waals surface area contributed by atoms with E-state index in [1.807, 2.05) is 7.05 Å². The first-order chi connectivity index (χ1) is 6.44. The largest absolute Gasteiger partial charge is 0.257 e. The molecule has 2 rings (SSSR count). The average molecular weight is 196 g/mol. The van der Waals surface area contributed by atoms with Gasteiger partial charge in [0.05, 0.1) is 10.8 Å². The minimum absolute atomic E-state index is 0.0301. The highest BCUT2D eigenvalue weighted by atomic mass is 16.3. The SMILES string of the molecule is CN(N=O)C1(C)C2CCC(C2)C1(C)C. The summed E-state index contributed by atoms with van der Waals surface area (Å²) in [5.74, 6) is 1.44. The van der Waals surface area contributed by atoms with E-state index < -0.39 is 0 Å². The van der Waals surface area contributed by atoms with E-state index in [1.165, 1.54) is 19.3 Å². The van der Waals surface area contributed by atoms with Crippen molar-refractivity contribution >= 4 is 0 Å². The topological polar surface area (TPSA) is 32.7 Å². The van der Waals surface area contributed by atoms with Crippen molar-refractivity contribution < 1.29 is 0 Å². The van der Waals surface area contributed by atoms with Crippen molar-refractivity contribution in [2.24, 2.45) is 22.5 Å². The van der Waals surface area contributed by atoms with E-state index in [0.717, 1.165) is 5.92 Å². The Kier molecular flexibility index (Phi) is 1.92. The minimum atomic E-state index is -0.0301. The normalized spacial score (nSPS) is 44.0. The predicted octanol–water partition coefficient (Wildman–Crippen LogP) is 2.81. The monoisotopic (exact) mass is 196 g/mol. The van der Waals surface area contributed by atoms with Crippen LogP contribution in [-0.4, -0.2) is 17.6 Å². The maximum Gasteiger partial charge on any atom is 0.0661 e. The van der Waals surface area contributed by atoms with Crippen LogP contribution in [0.4, 0.5) is 0 Å². The number of nitroso groups, excluding NO2 is 1. The Labute approximate surface area is 85.8 Å². The Hall–Kier alpha value is -0.600. The molecular weight excluding hydrogens is 176 g/mol. The van der Waals surface area contributed by atoms with Crippen LogP contribution < -0.4 is 0 Å². The predicted molar refractivity (Wildman–Crippen MR) is 56.6 cm³/mol. The van der Waals surface area contributed by atoms with Crippen LogP contribution in [0.1, 0.15) is 40.0 Å². The second-order valence-corrected chi connectivity index (χ2v) is 5.68. The van der Waals surface area contributed by atoms with Crippen LogP contribution in [0.3, 0.4) is 0 Å². The first-order valence-electron chi connectivity index (χ1n) is 5.51. The number of hydrogen-bond acceptors (Lipinski definition) is 2. The zero-order valence-corrected chi connectivity index (χ0v) is 9.58. The summed E-state index contributed by atoms with van der Waals surface area (Å²) in [7, 11) is 1.83. The summed E-state index contributed by atoms with van der Waals surface area (Å²) in [4.78, 5) is 10.7. The molecule has 0 aromatic carbocycles. The van der Waals surface area contributed by atoms with E-state index in [4.69, 9.17) is 0 Å². The molecule has 3 nitrogen and oxygen atoms in total.